The summed E-state index contributed by atoms with van der Waals surface area (Å²) in [5, 5.41) is 2.74. The second kappa shape index (κ2) is 10.9. The van der Waals surface area contributed by atoms with Crippen molar-refractivity contribution in [3.63, 3.8) is 0 Å². The first kappa shape index (κ1) is 25.8. The molecule has 0 saturated carbocycles. The first-order valence-corrected chi connectivity index (χ1v) is 12.6. The zero-order valence-corrected chi connectivity index (χ0v) is 20.8. The van der Waals surface area contributed by atoms with E-state index in [4.69, 9.17) is 0 Å². The molecule has 0 saturated heterocycles. The van der Waals surface area contributed by atoms with Crippen LogP contribution in [0.1, 0.15) is 26.3 Å². The van der Waals surface area contributed by atoms with Gasteiger partial charge < -0.3 is 10.2 Å². The molecule has 2 amide bonds. The first-order chi connectivity index (χ1) is 14.9. The number of rotatable bonds is 9. The highest BCUT2D eigenvalue weighted by Crippen LogP contribution is 2.28. The number of halogens is 2. The van der Waals surface area contributed by atoms with Crippen LogP contribution in [0.4, 0.5) is 10.1 Å². The summed E-state index contributed by atoms with van der Waals surface area (Å²) in [6.07, 6.45) is 0.996. The lowest BCUT2D eigenvalue weighted by Gasteiger charge is -2.32. The second-order valence-corrected chi connectivity index (χ2v) is 10.4. The number of hydrogen-bond acceptors (Lipinski definition) is 4. The third kappa shape index (κ3) is 6.77. The average molecular weight is 528 g/mol. The Labute approximate surface area is 196 Å². The maximum absolute atomic E-state index is 14.3. The normalized spacial score (nSPS) is 12.3. The fourth-order valence-electron chi connectivity index (χ4n) is 3.05. The van der Waals surface area contributed by atoms with Crippen molar-refractivity contribution in [3.05, 3.63) is 64.4 Å². The van der Waals surface area contributed by atoms with Gasteiger partial charge in [0.1, 0.15) is 18.4 Å². The Kier molecular flexibility index (Phi) is 8.80. The number of sulfonamides is 1. The lowest BCUT2D eigenvalue weighted by Crippen LogP contribution is -2.52. The summed E-state index contributed by atoms with van der Waals surface area (Å²) in [5.41, 5.74) is 0.505. The van der Waals surface area contributed by atoms with Gasteiger partial charge in [0, 0.05) is 22.6 Å². The van der Waals surface area contributed by atoms with E-state index in [0.29, 0.717) is 4.47 Å². The highest BCUT2D eigenvalue weighted by Gasteiger charge is 2.31. The smallest absolute Gasteiger partial charge is 0.244 e. The lowest BCUT2D eigenvalue weighted by atomic mass is 10.1. The standard InChI is InChI=1S/C22H27BrFN3O4S/c1-15(2)25-22(29)16(3)26(13-17-9-5-7-11-19(17)24)21(28)14-27(32(4,30)31)20-12-8-6-10-18(20)23/h5-12,15-16H,13-14H2,1-4H3,(H,25,29)/t16-/m0/s1. The van der Waals surface area contributed by atoms with Crippen molar-refractivity contribution in [3.8, 4) is 0 Å². The van der Waals surface area contributed by atoms with E-state index in [9.17, 15) is 22.4 Å². The van der Waals surface area contributed by atoms with Gasteiger partial charge in [-0.2, -0.15) is 0 Å². The molecule has 0 aromatic heterocycles. The van der Waals surface area contributed by atoms with Crippen LogP contribution in [0.2, 0.25) is 0 Å². The molecule has 0 aliphatic heterocycles. The number of para-hydroxylation sites is 1. The third-order valence-electron chi connectivity index (χ3n) is 4.70. The van der Waals surface area contributed by atoms with Crippen LogP contribution in [0.3, 0.4) is 0 Å². The van der Waals surface area contributed by atoms with Crippen LogP contribution in [0.25, 0.3) is 0 Å². The molecular formula is C22H27BrFN3O4S. The molecule has 1 atom stereocenters. The van der Waals surface area contributed by atoms with Gasteiger partial charge in [0.15, 0.2) is 0 Å². The minimum absolute atomic E-state index is 0.164. The van der Waals surface area contributed by atoms with Crippen LogP contribution in [0.15, 0.2) is 53.0 Å². The minimum atomic E-state index is -3.83. The molecule has 7 nitrogen and oxygen atoms in total. The number of nitrogens with one attached hydrogen (secondary N) is 1. The van der Waals surface area contributed by atoms with Crippen LogP contribution in [-0.2, 0) is 26.2 Å². The van der Waals surface area contributed by atoms with E-state index >= 15 is 0 Å². The number of amides is 2. The predicted molar refractivity (Wildman–Crippen MR) is 126 cm³/mol. The number of benzene rings is 2. The summed E-state index contributed by atoms with van der Waals surface area (Å²) in [5.74, 6) is -1.58. The quantitative estimate of drug-likeness (QED) is 0.542. The fourth-order valence-corrected chi connectivity index (χ4v) is 4.52. The molecule has 0 fully saturated rings. The molecule has 0 heterocycles. The van der Waals surface area contributed by atoms with Crippen LogP contribution >= 0.6 is 15.9 Å². The largest absolute Gasteiger partial charge is 0.352 e. The topological polar surface area (TPSA) is 86.8 Å². The Bertz CT molecular complexity index is 1080. The SMILES string of the molecule is CC(C)NC(=O)[C@H](C)N(Cc1ccccc1F)C(=O)CN(c1ccccc1Br)S(C)(=O)=O. The first-order valence-electron chi connectivity index (χ1n) is 9.97. The molecule has 174 valence electrons. The number of carbonyl (C=O) groups excluding carboxylic acids is 2. The summed E-state index contributed by atoms with van der Waals surface area (Å²) >= 11 is 3.31. The monoisotopic (exact) mass is 527 g/mol. The van der Waals surface area contributed by atoms with Gasteiger partial charge in [-0.25, -0.2) is 12.8 Å². The highest BCUT2D eigenvalue weighted by molar-refractivity contribution is 9.10. The number of hydrogen-bond donors (Lipinski definition) is 1. The molecule has 32 heavy (non-hydrogen) atoms. The predicted octanol–water partition coefficient (Wildman–Crippen LogP) is 3.30. The zero-order valence-electron chi connectivity index (χ0n) is 18.4. The minimum Gasteiger partial charge on any atom is -0.352 e. The summed E-state index contributed by atoms with van der Waals surface area (Å²) in [7, 11) is -3.83. The van der Waals surface area contributed by atoms with E-state index in [2.05, 4.69) is 21.2 Å². The van der Waals surface area contributed by atoms with Gasteiger partial charge in [0.25, 0.3) is 0 Å². The number of carbonyl (C=O) groups is 2. The maximum atomic E-state index is 14.3. The third-order valence-corrected chi connectivity index (χ3v) is 6.49. The van der Waals surface area contributed by atoms with E-state index < -0.39 is 40.2 Å². The molecule has 2 rings (SSSR count). The Hall–Kier alpha value is -2.46. The summed E-state index contributed by atoms with van der Waals surface area (Å²) in [4.78, 5) is 27.2. The van der Waals surface area contributed by atoms with Gasteiger partial charge in [-0.05, 0) is 54.9 Å². The Morgan fingerprint density at radius 1 is 1.06 bits per heavy atom. The van der Waals surface area contributed by atoms with Gasteiger partial charge in [0.2, 0.25) is 21.8 Å². The average Bonchev–Trinajstić information content (AvgIpc) is 2.70. The van der Waals surface area contributed by atoms with Crippen molar-refractivity contribution < 1.29 is 22.4 Å². The molecule has 2 aromatic rings. The van der Waals surface area contributed by atoms with Gasteiger partial charge in [-0.1, -0.05) is 30.3 Å². The molecule has 0 bridgehead atoms. The Morgan fingerprint density at radius 2 is 1.66 bits per heavy atom. The van der Waals surface area contributed by atoms with Gasteiger partial charge in [-0.3, -0.25) is 13.9 Å². The van der Waals surface area contributed by atoms with Crippen molar-refractivity contribution in [2.24, 2.45) is 0 Å². The van der Waals surface area contributed by atoms with Crippen LogP contribution in [0.5, 0.6) is 0 Å². The van der Waals surface area contributed by atoms with Crippen LogP contribution in [0, 0.1) is 5.82 Å². The molecule has 0 spiro atoms. The molecule has 0 aliphatic carbocycles. The Morgan fingerprint density at radius 3 is 2.22 bits per heavy atom. The van der Waals surface area contributed by atoms with Crippen molar-refractivity contribution >= 4 is 43.5 Å². The molecule has 1 N–H and O–H groups in total. The van der Waals surface area contributed by atoms with Gasteiger partial charge in [-0.15, -0.1) is 0 Å². The fraction of sp³-hybridized carbons (Fsp3) is 0.364. The van der Waals surface area contributed by atoms with Crippen molar-refractivity contribution in [1.29, 1.82) is 0 Å². The summed E-state index contributed by atoms with van der Waals surface area (Å²) in [6.45, 7) is 4.36. The number of nitrogens with zero attached hydrogens (tertiary/aromatic N) is 2. The lowest BCUT2D eigenvalue weighted by molar-refractivity contribution is -0.139. The van der Waals surface area contributed by atoms with Crippen LogP contribution < -0.4 is 9.62 Å². The molecule has 2 aromatic carbocycles. The maximum Gasteiger partial charge on any atom is 0.244 e. The highest BCUT2D eigenvalue weighted by atomic mass is 79.9. The van der Waals surface area contributed by atoms with E-state index in [1.54, 1.807) is 44.2 Å². The van der Waals surface area contributed by atoms with Crippen molar-refractivity contribution in [2.75, 3.05) is 17.1 Å². The van der Waals surface area contributed by atoms with Crippen molar-refractivity contribution in [1.82, 2.24) is 10.2 Å². The second-order valence-electron chi connectivity index (χ2n) is 7.67. The molecular weight excluding hydrogens is 501 g/mol. The van der Waals surface area contributed by atoms with E-state index in [1.807, 2.05) is 0 Å². The number of anilines is 1. The molecule has 0 unspecified atom stereocenters. The van der Waals surface area contributed by atoms with Gasteiger partial charge >= 0.3 is 0 Å². The molecule has 0 radical (unpaired) electrons. The zero-order chi connectivity index (χ0) is 24.1. The van der Waals surface area contributed by atoms with E-state index in [1.165, 1.54) is 30.0 Å². The summed E-state index contributed by atoms with van der Waals surface area (Å²) < 4.78 is 40.8. The summed E-state index contributed by atoms with van der Waals surface area (Å²) in [6, 6.07) is 11.4. The van der Waals surface area contributed by atoms with E-state index in [-0.39, 0.29) is 23.8 Å². The van der Waals surface area contributed by atoms with Gasteiger partial charge in [0.05, 0.1) is 11.9 Å². The molecule has 0 aliphatic rings. The van der Waals surface area contributed by atoms with E-state index in [0.717, 1.165) is 10.6 Å². The van der Waals surface area contributed by atoms with Crippen LogP contribution in [-0.4, -0.2) is 50.0 Å². The van der Waals surface area contributed by atoms with Crippen molar-refractivity contribution in [2.45, 2.75) is 39.4 Å². The molecule has 10 heteroatoms. The Balaban J connectivity index is 2.42.